The van der Waals surface area contributed by atoms with Crippen molar-refractivity contribution in [3.05, 3.63) is 87.8 Å². The minimum atomic E-state index is -0.136. The maximum atomic E-state index is 12.7. The molecule has 30 heavy (non-hydrogen) atoms. The third kappa shape index (κ3) is 4.98. The number of rotatable bonds is 8. The number of fused-ring (bicyclic) bond motifs is 1. The van der Waals surface area contributed by atoms with Gasteiger partial charge in [0.2, 0.25) is 5.91 Å². The Morgan fingerprint density at radius 2 is 1.80 bits per heavy atom. The average molecular weight is 436 g/mol. The molecule has 2 heterocycles. The van der Waals surface area contributed by atoms with E-state index in [0.29, 0.717) is 29.3 Å². The van der Waals surface area contributed by atoms with Crippen molar-refractivity contribution in [3.63, 3.8) is 0 Å². The molecule has 152 valence electrons. The maximum Gasteiger partial charge on any atom is 0.260 e. The number of thioether (sulfide) groups is 1. The second-order valence-electron chi connectivity index (χ2n) is 6.79. The van der Waals surface area contributed by atoms with Crippen molar-refractivity contribution in [2.45, 2.75) is 12.2 Å². The fourth-order valence-corrected chi connectivity index (χ4v) is 4.86. The number of nitrogens with zero attached hydrogens (tertiary/aromatic N) is 1. The lowest BCUT2D eigenvalue weighted by atomic mass is 10.1. The zero-order valence-electron chi connectivity index (χ0n) is 16.3. The summed E-state index contributed by atoms with van der Waals surface area (Å²) < 4.78 is 0. The Balaban J connectivity index is 1.32. The van der Waals surface area contributed by atoms with Crippen LogP contribution in [0.15, 0.2) is 70.8 Å². The monoisotopic (exact) mass is 435 g/mol. The molecular weight excluding hydrogens is 414 g/mol. The molecule has 0 atom stereocenters. The second kappa shape index (κ2) is 9.73. The van der Waals surface area contributed by atoms with Crippen LogP contribution in [-0.2, 0) is 17.0 Å². The number of carbonyl (C=O) groups is 1. The highest BCUT2D eigenvalue weighted by Crippen LogP contribution is 2.30. The predicted molar refractivity (Wildman–Crippen MR) is 125 cm³/mol. The highest BCUT2D eigenvalue weighted by atomic mass is 32.2. The van der Waals surface area contributed by atoms with Crippen LogP contribution >= 0.6 is 23.1 Å². The van der Waals surface area contributed by atoms with Crippen molar-refractivity contribution in [3.8, 4) is 11.1 Å². The first-order valence-electron chi connectivity index (χ1n) is 9.65. The normalized spacial score (nSPS) is 10.9. The number of hydrogen-bond donors (Lipinski definition) is 2. The van der Waals surface area contributed by atoms with E-state index in [4.69, 9.17) is 0 Å². The number of carbonyl (C=O) groups excluding carboxylic acids is 1. The molecule has 0 fully saturated rings. The minimum absolute atomic E-state index is 0.0122. The van der Waals surface area contributed by atoms with Crippen LogP contribution in [0.5, 0.6) is 0 Å². The average Bonchev–Trinajstić information content (AvgIpc) is 3.20. The predicted octanol–water partition coefficient (Wildman–Crippen LogP) is 4.24. The first-order valence-corrected chi connectivity index (χ1v) is 11.7. The first kappa shape index (κ1) is 20.4. The van der Waals surface area contributed by atoms with Gasteiger partial charge in [-0.25, -0.2) is 4.98 Å². The van der Waals surface area contributed by atoms with Crippen molar-refractivity contribution < 1.29 is 4.79 Å². The van der Waals surface area contributed by atoms with Crippen LogP contribution in [-0.4, -0.2) is 28.2 Å². The highest BCUT2D eigenvalue weighted by molar-refractivity contribution is 7.99. The Hall–Kier alpha value is -2.90. The van der Waals surface area contributed by atoms with Crippen LogP contribution in [0.3, 0.4) is 0 Å². The zero-order valence-corrected chi connectivity index (χ0v) is 17.9. The summed E-state index contributed by atoms with van der Waals surface area (Å²) >= 11 is 2.91. The summed E-state index contributed by atoms with van der Waals surface area (Å²) in [5.74, 6) is 1.39. The quantitative estimate of drug-likeness (QED) is 0.434. The molecule has 2 aromatic carbocycles. The number of hydrogen-bond acceptors (Lipinski definition) is 5. The van der Waals surface area contributed by atoms with Gasteiger partial charge in [0.25, 0.3) is 5.56 Å². The van der Waals surface area contributed by atoms with Crippen LogP contribution < -0.4 is 10.9 Å². The first-order chi connectivity index (χ1) is 14.7. The molecule has 0 unspecified atom stereocenters. The van der Waals surface area contributed by atoms with Crippen molar-refractivity contribution in [2.24, 2.45) is 0 Å². The van der Waals surface area contributed by atoms with Gasteiger partial charge in [0.1, 0.15) is 10.7 Å². The molecule has 0 radical (unpaired) electrons. The van der Waals surface area contributed by atoms with Gasteiger partial charge in [0.15, 0.2) is 0 Å². The van der Waals surface area contributed by atoms with Gasteiger partial charge in [-0.05, 0) is 17.5 Å². The van der Waals surface area contributed by atoms with E-state index in [9.17, 15) is 9.59 Å². The van der Waals surface area contributed by atoms with Gasteiger partial charge in [-0.3, -0.25) is 9.59 Å². The molecule has 0 aliphatic carbocycles. The Labute approximate surface area is 182 Å². The Morgan fingerprint density at radius 1 is 1.07 bits per heavy atom. The molecule has 0 spiro atoms. The van der Waals surface area contributed by atoms with Gasteiger partial charge in [-0.2, -0.15) is 0 Å². The van der Waals surface area contributed by atoms with Crippen molar-refractivity contribution in [1.29, 1.82) is 0 Å². The molecular formula is C23H21N3O2S2. The topological polar surface area (TPSA) is 74.8 Å². The van der Waals surface area contributed by atoms with E-state index >= 15 is 0 Å². The summed E-state index contributed by atoms with van der Waals surface area (Å²) in [5, 5.41) is 5.53. The van der Waals surface area contributed by atoms with Gasteiger partial charge in [0, 0.05) is 17.5 Å². The fourth-order valence-electron chi connectivity index (χ4n) is 3.17. The number of aromatic nitrogens is 2. The molecule has 7 heteroatoms. The molecule has 5 nitrogen and oxygen atoms in total. The lowest BCUT2D eigenvalue weighted by Crippen LogP contribution is -2.27. The number of H-pyrrole nitrogens is 1. The molecule has 4 rings (SSSR count). The number of aromatic amines is 1. The summed E-state index contributed by atoms with van der Waals surface area (Å²) in [5.41, 5.74) is 2.97. The standard InChI is InChI=1S/C23H21N3O2S2/c27-20(24-12-11-16-7-3-1-4-8-16)15-29-14-19-25-22(28)21-18(13-30-23(21)26-19)17-9-5-2-6-10-17/h1-10,13H,11-12,14-15H2,(H,24,27)(H,25,26,28). The molecule has 0 aliphatic rings. The van der Waals surface area contributed by atoms with Crippen LogP contribution in [0.2, 0.25) is 0 Å². The largest absolute Gasteiger partial charge is 0.355 e. The number of benzene rings is 2. The molecule has 0 bridgehead atoms. The zero-order chi connectivity index (χ0) is 20.8. The van der Waals surface area contributed by atoms with Gasteiger partial charge in [0.05, 0.1) is 16.9 Å². The van der Waals surface area contributed by atoms with Crippen LogP contribution in [0.4, 0.5) is 0 Å². The lowest BCUT2D eigenvalue weighted by molar-refractivity contribution is -0.118. The third-order valence-corrected chi connectivity index (χ3v) is 6.44. The van der Waals surface area contributed by atoms with E-state index in [1.165, 1.54) is 28.7 Å². The summed E-state index contributed by atoms with van der Waals surface area (Å²) in [6.45, 7) is 0.613. The van der Waals surface area contributed by atoms with E-state index in [1.54, 1.807) is 0 Å². The smallest absolute Gasteiger partial charge is 0.260 e. The van der Waals surface area contributed by atoms with Gasteiger partial charge < -0.3 is 10.3 Å². The van der Waals surface area contributed by atoms with Crippen LogP contribution in [0.1, 0.15) is 11.4 Å². The number of thiophene rings is 1. The van der Waals surface area contributed by atoms with E-state index in [2.05, 4.69) is 15.3 Å². The molecule has 1 amide bonds. The Kier molecular flexibility index (Phi) is 6.61. The third-order valence-electron chi connectivity index (χ3n) is 4.63. The molecule has 0 saturated heterocycles. The van der Waals surface area contributed by atoms with E-state index < -0.39 is 0 Å². The SMILES string of the molecule is O=C(CSCc1nc2scc(-c3ccccc3)c2c(=O)[nH]1)NCCc1ccccc1. The molecule has 2 aromatic heterocycles. The van der Waals surface area contributed by atoms with Crippen molar-refractivity contribution >= 4 is 39.2 Å². The van der Waals surface area contributed by atoms with E-state index in [-0.39, 0.29) is 11.5 Å². The molecule has 0 saturated carbocycles. The number of nitrogens with one attached hydrogen (secondary N) is 2. The van der Waals surface area contributed by atoms with Crippen LogP contribution in [0.25, 0.3) is 21.3 Å². The Bertz CT molecular complexity index is 1190. The summed E-state index contributed by atoms with van der Waals surface area (Å²) in [7, 11) is 0. The summed E-state index contributed by atoms with van der Waals surface area (Å²) in [4.78, 5) is 32.9. The summed E-state index contributed by atoms with van der Waals surface area (Å²) in [6.07, 6.45) is 0.810. The van der Waals surface area contributed by atoms with Crippen LogP contribution in [0, 0.1) is 0 Å². The van der Waals surface area contributed by atoms with E-state index in [0.717, 1.165) is 22.4 Å². The number of amides is 1. The molecule has 0 aliphatic heterocycles. The highest BCUT2D eigenvalue weighted by Gasteiger charge is 2.13. The second-order valence-corrected chi connectivity index (χ2v) is 8.63. The van der Waals surface area contributed by atoms with Gasteiger partial charge in [-0.15, -0.1) is 23.1 Å². The lowest BCUT2D eigenvalue weighted by Gasteiger charge is -2.05. The summed E-state index contributed by atoms with van der Waals surface area (Å²) in [6, 6.07) is 19.9. The minimum Gasteiger partial charge on any atom is -0.355 e. The maximum absolute atomic E-state index is 12.7. The van der Waals surface area contributed by atoms with E-state index in [1.807, 2.05) is 66.0 Å². The molecule has 4 aromatic rings. The molecule has 2 N–H and O–H groups in total. The van der Waals surface area contributed by atoms with Gasteiger partial charge >= 0.3 is 0 Å². The van der Waals surface area contributed by atoms with Crippen molar-refractivity contribution in [1.82, 2.24) is 15.3 Å². The Morgan fingerprint density at radius 3 is 2.57 bits per heavy atom. The van der Waals surface area contributed by atoms with Crippen molar-refractivity contribution in [2.75, 3.05) is 12.3 Å². The van der Waals surface area contributed by atoms with Gasteiger partial charge in [-0.1, -0.05) is 60.7 Å². The fraction of sp³-hybridized carbons (Fsp3) is 0.174.